The predicted molar refractivity (Wildman–Crippen MR) is 65.4 cm³/mol. The fourth-order valence-corrected chi connectivity index (χ4v) is 1.35. The van der Waals surface area contributed by atoms with Gasteiger partial charge in [0.15, 0.2) is 4.77 Å². The minimum Gasteiger partial charge on any atom is -0.296 e. The molecular weight excluding hydrogens is 222 g/mol. The Kier molecular flexibility index (Phi) is 3.07. The Hall–Kier alpha value is -2.01. The smallest absolute Gasteiger partial charge is 0.277 e. The highest BCUT2D eigenvalue weighted by Gasteiger charge is 1.95. The third-order valence-electron chi connectivity index (χ3n) is 1.97. The molecule has 0 unspecified atom stereocenters. The van der Waals surface area contributed by atoms with Crippen LogP contribution in [0.1, 0.15) is 11.3 Å². The second kappa shape index (κ2) is 4.67. The topological polar surface area (TPSA) is 61.5 Å². The van der Waals surface area contributed by atoms with E-state index in [1.807, 2.05) is 36.4 Å². The largest absolute Gasteiger partial charge is 0.296 e. The minimum absolute atomic E-state index is 0.224. The van der Waals surface area contributed by atoms with Crippen LogP contribution >= 0.6 is 12.2 Å². The van der Waals surface area contributed by atoms with Gasteiger partial charge in [-0.25, -0.2) is 0 Å². The Morgan fingerprint density at radius 2 is 1.94 bits per heavy atom. The highest BCUT2D eigenvalue weighted by Crippen LogP contribution is 2.02. The van der Waals surface area contributed by atoms with E-state index in [1.54, 1.807) is 6.08 Å². The molecule has 0 bridgehead atoms. The maximum atomic E-state index is 11.4. The minimum atomic E-state index is -0.295. The lowest BCUT2D eigenvalue weighted by atomic mass is 10.2. The van der Waals surface area contributed by atoms with Crippen LogP contribution in [0.15, 0.2) is 35.1 Å². The zero-order chi connectivity index (χ0) is 11.4. The standard InChI is InChI=1S/C11H9N3OS/c15-10-9(13-14-11(16)12-10)7-6-8-4-2-1-3-5-8/h1-7H,(H2,12,14,15,16)/b7-6+. The van der Waals surface area contributed by atoms with Crippen molar-refractivity contribution < 1.29 is 0 Å². The first-order valence-corrected chi connectivity index (χ1v) is 5.09. The van der Waals surface area contributed by atoms with Gasteiger partial charge in [0.25, 0.3) is 5.56 Å². The van der Waals surface area contributed by atoms with Crippen LogP contribution in [0.4, 0.5) is 0 Å². The molecule has 2 rings (SSSR count). The zero-order valence-electron chi connectivity index (χ0n) is 8.31. The molecule has 2 aromatic rings. The van der Waals surface area contributed by atoms with Crippen LogP contribution < -0.4 is 5.56 Å². The van der Waals surface area contributed by atoms with E-state index in [0.717, 1.165) is 5.56 Å². The first-order valence-electron chi connectivity index (χ1n) is 4.68. The fraction of sp³-hybridized carbons (Fsp3) is 0. The average Bonchev–Trinajstić information content (AvgIpc) is 2.29. The molecule has 2 N–H and O–H groups in total. The molecule has 4 nitrogen and oxygen atoms in total. The van der Waals surface area contributed by atoms with Gasteiger partial charge in [-0.1, -0.05) is 36.4 Å². The highest BCUT2D eigenvalue weighted by molar-refractivity contribution is 7.71. The van der Waals surface area contributed by atoms with Crippen LogP contribution in [0.25, 0.3) is 12.2 Å². The molecule has 1 heterocycles. The number of aromatic nitrogens is 3. The lowest BCUT2D eigenvalue weighted by molar-refractivity contribution is 0.912. The zero-order valence-corrected chi connectivity index (χ0v) is 9.12. The molecule has 0 aliphatic carbocycles. The van der Waals surface area contributed by atoms with Gasteiger partial charge >= 0.3 is 0 Å². The predicted octanol–water partition coefficient (Wildman–Crippen LogP) is 2.00. The summed E-state index contributed by atoms with van der Waals surface area (Å²) in [4.78, 5) is 13.9. The van der Waals surface area contributed by atoms with Crippen LogP contribution in [0, 0.1) is 4.77 Å². The monoisotopic (exact) mass is 231 g/mol. The Morgan fingerprint density at radius 1 is 1.19 bits per heavy atom. The Balaban J connectivity index is 2.31. The number of hydrogen-bond donors (Lipinski definition) is 2. The van der Waals surface area contributed by atoms with Crippen molar-refractivity contribution in [3.8, 4) is 0 Å². The molecule has 0 fully saturated rings. The van der Waals surface area contributed by atoms with E-state index in [1.165, 1.54) is 0 Å². The first-order chi connectivity index (χ1) is 7.75. The molecule has 0 aliphatic rings. The van der Waals surface area contributed by atoms with E-state index in [-0.39, 0.29) is 10.3 Å². The van der Waals surface area contributed by atoms with Gasteiger partial charge < -0.3 is 0 Å². The van der Waals surface area contributed by atoms with Crippen molar-refractivity contribution in [1.82, 2.24) is 15.2 Å². The van der Waals surface area contributed by atoms with E-state index < -0.39 is 0 Å². The van der Waals surface area contributed by atoms with Gasteiger partial charge in [-0.2, -0.15) is 5.10 Å². The van der Waals surface area contributed by atoms with Crippen LogP contribution in [-0.2, 0) is 0 Å². The molecule has 0 saturated carbocycles. The number of rotatable bonds is 2. The summed E-state index contributed by atoms with van der Waals surface area (Å²) in [5.74, 6) is 0. The molecule has 0 amide bonds. The summed E-state index contributed by atoms with van der Waals surface area (Å²) < 4.78 is 0.224. The molecule has 16 heavy (non-hydrogen) atoms. The molecule has 1 aromatic heterocycles. The van der Waals surface area contributed by atoms with Crippen molar-refractivity contribution in [3.63, 3.8) is 0 Å². The van der Waals surface area contributed by atoms with Crippen molar-refractivity contribution in [1.29, 1.82) is 0 Å². The van der Waals surface area contributed by atoms with Crippen molar-refractivity contribution in [3.05, 3.63) is 56.7 Å². The summed E-state index contributed by atoms with van der Waals surface area (Å²) in [7, 11) is 0. The maximum Gasteiger partial charge on any atom is 0.277 e. The average molecular weight is 231 g/mol. The number of H-pyrrole nitrogens is 2. The van der Waals surface area contributed by atoms with Gasteiger partial charge in [0.05, 0.1) is 0 Å². The number of nitrogens with zero attached hydrogens (tertiary/aromatic N) is 1. The lowest BCUT2D eigenvalue weighted by Gasteiger charge is -1.92. The Bertz CT molecular complexity index is 613. The summed E-state index contributed by atoms with van der Waals surface area (Å²) in [5, 5.41) is 6.37. The third kappa shape index (κ3) is 2.52. The molecule has 0 aliphatic heterocycles. The van der Waals surface area contributed by atoms with Gasteiger partial charge in [0.1, 0.15) is 5.69 Å². The molecular formula is C11H9N3OS. The Morgan fingerprint density at radius 3 is 2.62 bits per heavy atom. The van der Waals surface area contributed by atoms with E-state index >= 15 is 0 Å². The van der Waals surface area contributed by atoms with Gasteiger partial charge in [-0.3, -0.25) is 14.9 Å². The van der Waals surface area contributed by atoms with E-state index in [9.17, 15) is 4.79 Å². The quantitative estimate of drug-likeness (QED) is 0.777. The van der Waals surface area contributed by atoms with Crippen molar-refractivity contribution in [2.45, 2.75) is 0 Å². The SMILES string of the molecule is O=c1[nH]c(=S)[nH]nc1/C=C/c1ccccc1. The number of hydrogen-bond acceptors (Lipinski definition) is 3. The van der Waals surface area contributed by atoms with Gasteiger partial charge in [0, 0.05) is 0 Å². The summed E-state index contributed by atoms with van der Waals surface area (Å²) in [5.41, 5.74) is 1.01. The highest BCUT2D eigenvalue weighted by atomic mass is 32.1. The van der Waals surface area contributed by atoms with Crippen LogP contribution in [0.2, 0.25) is 0 Å². The summed E-state index contributed by atoms with van der Waals surface area (Å²) in [6.45, 7) is 0. The van der Waals surface area contributed by atoms with Crippen molar-refractivity contribution in [2.75, 3.05) is 0 Å². The summed E-state index contributed by atoms with van der Waals surface area (Å²) in [6, 6.07) is 9.67. The second-order valence-electron chi connectivity index (χ2n) is 3.14. The van der Waals surface area contributed by atoms with Gasteiger partial charge in [-0.15, -0.1) is 0 Å². The third-order valence-corrected chi connectivity index (χ3v) is 2.16. The summed E-state index contributed by atoms with van der Waals surface area (Å²) >= 11 is 4.74. The van der Waals surface area contributed by atoms with Crippen LogP contribution in [0.5, 0.6) is 0 Å². The second-order valence-corrected chi connectivity index (χ2v) is 3.54. The molecule has 0 spiro atoms. The van der Waals surface area contributed by atoms with Gasteiger partial charge in [-0.05, 0) is 23.9 Å². The number of nitrogens with one attached hydrogen (secondary N) is 2. The molecule has 0 atom stereocenters. The molecule has 80 valence electrons. The lowest BCUT2D eigenvalue weighted by Crippen LogP contribution is -2.12. The molecule has 0 radical (unpaired) electrons. The van der Waals surface area contributed by atoms with Crippen molar-refractivity contribution in [2.24, 2.45) is 0 Å². The maximum absolute atomic E-state index is 11.4. The fourth-order valence-electron chi connectivity index (χ4n) is 1.21. The first kappa shape index (κ1) is 10.5. The van der Waals surface area contributed by atoms with Crippen LogP contribution in [-0.4, -0.2) is 15.2 Å². The number of benzene rings is 1. The van der Waals surface area contributed by atoms with Crippen LogP contribution in [0.3, 0.4) is 0 Å². The van der Waals surface area contributed by atoms with Gasteiger partial charge in [0.2, 0.25) is 0 Å². The van der Waals surface area contributed by atoms with Crippen molar-refractivity contribution >= 4 is 24.4 Å². The Labute approximate surface area is 96.7 Å². The summed E-state index contributed by atoms with van der Waals surface area (Å²) in [6.07, 6.45) is 3.45. The number of aromatic amines is 2. The normalized spacial score (nSPS) is 10.8. The molecule has 1 aromatic carbocycles. The van der Waals surface area contributed by atoms with E-state index in [0.29, 0.717) is 5.69 Å². The molecule has 5 heteroatoms. The van der Waals surface area contributed by atoms with E-state index in [4.69, 9.17) is 12.2 Å². The molecule has 0 saturated heterocycles. The van der Waals surface area contributed by atoms with E-state index in [2.05, 4.69) is 15.2 Å².